The fraction of sp³-hybridized carbons (Fsp3) is 0.923. The summed E-state index contributed by atoms with van der Waals surface area (Å²) in [5.74, 6) is 0.791. The van der Waals surface area contributed by atoms with Crippen molar-refractivity contribution >= 4 is 22.0 Å². The average Bonchev–Trinajstić information content (AvgIpc) is 2.29. The van der Waals surface area contributed by atoms with E-state index >= 15 is 0 Å². The van der Waals surface area contributed by atoms with Crippen LogP contribution in [0, 0.1) is 11.8 Å². The molecular formula is C13H24BrNO3. The van der Waals surface area contributed by atoms with Gasteiger partial charge in [0.15, 0.2) is 0 Å². The van der Waals surface area contributed by atoms with Crippen molar-refractivity contribution in [3.8, 4) is 0 Å². The van der Waals surface area contributed by atoms with Crippen LogP contribution in [-0.4, -0.2) is 46.7 Å². The van der Waals surface area contributed by atoms with E-state index in [9.17, 15) is 9.90 Å². The molecule has 1 saturated heterocycles. The second-order valence-corrected chi connectivity index (χ2v) is 6.55. The molecule has 0 aromatic rings. The standard InChI is InChI=1S/C13H24BrNO3/c1-13(2,3)18-12(17)15-6-4-10(5-7-15)11(8-14)9-16/h10-11,16H,4-9H2,1-3H3. The molecule has 0 spiro atoms. The zero-order valence-corrected chi connectivity index (χ0v) is 13.1. The summed E-state index contributed by atoms with van der Waals surface area (Å²) in [7, 11) is 0. The molecule has 0 aliphatic carbocycles. The third-order valence-corrected chi connectivity index (χ3v) is 4.12. The van der Waals surface area contributed by atoms with Gasteiger partial charge in [0.1, 0.15) is 5.60 Å². The van der Waals surface area contributed by atoms with Crippen LogP contribution in [0.25, 0.3) is 0 Å². The van der Waals surface area contributed by atoms with E-state index in [1.165, 1.54) is 0 Å². The molecule has 0 saturated carbocycles. The first-order valence-electron chi connectivity index (χ1n) is 6.52. The fourth-order valence-corrected chi connectivity index (χ4v) is 2.94. The molecular weight excluding hydrogens is 298 g/mol. The summed E-state index contributed by atoms with van der Waals surface area (Å²) in [4.78, 5) is 13.6. The first-order valence-corrected chi connectivity index (χ1v) is 7.64. The summed E-state index contributed by atoms with van der Waals surface area (Å²) in [6.07, 6.45) is 1.66. The number of carbonyl (C=O) groups excluding carboxylic acids is 1. The average molecular weight is 322 g/mol. The lowest BCUT2D eigenvalue weighted by Gasteiger charge is -2.35. The lowest BCUT2D eigenvalue weighted by Crippen LogP contribution is -2.43. The molecule has 1 heterocycles. The van der Waals surface area contributed by atoms with E-state index in [4.69, 9.17) is 4.74 Å². The molecule has 1 atom stereocenters. The number of likely N-dealkylation sites (tertiary alicyclic amines) is 1. The van der Waals surface area contributed by atoms with E-state index in [0.717, 1.165) is 31.3 Å². The van der Waals surface area contributed by atoms with Crippen LogP contribution in [-0.2, 0) is 4.74 Å². The van der Waals surface area contributed by atoms with Gasteiger partial charge in [-0.1, -0.05) is 15.9 Å². The number of carbonyl (C=O) groups is 1. The van der Waals surface area contributed by atoms with E-state index in [-0.39, 0.29) is 12.7 Å². The minimum absolute atomic E-state index is 0.211. The number of nitrogens with zero attached hydrogens (tertiary/aromatic N) is 1. The van der Waals surface area contributed by atoms with E-state index in [0.29, 0.717) is 11.8 Å². The molecule has 106 valence electrons. The molecule has 0 bridgehead atoms. The molecule has 1 aliphatic rings. The van der Waals surface area contributed by atoms with Crippen molar-refractivity contribution in [2.24, 2.45) is 11.8 Å². The molecule has 5 heteroatoms. The largest absolute Gasteiger partial charge is 0.444 e. The van der Waals surface area contributed by atoms with Gasteiger partial charge in [-0.3, -0.25) is 0 Å². The molecule has 1 unspecified atom stereocenters. The summed E-state index contributed by atoms with van der Waals surface area (Å²) in [6, 6.07) is 0. The van der Waals surface area contributed by atoms with Gasteiger partial charge in [0.05, 0.1) is 0 Å². The van der Waals surface area contributed by atoms with Crippen molar-refractivity contribution < 1.29 is 14.6 Å². The van der Waals surface area contributed by atoms with Crippen LogP contribution in [0.15, 0.2) is 0 Å². The van der Waals surface area contributed by atoms with Crippen molar-refractivity contribution in [1.29, 1.82) is 0 Å². The van der Waals surface area contributed by atoms with Gasteiger partial charge in [0, 0.05) is 25.0 Å². The Labute approximate surface area is 118 Å². The Morgan fingerprint density at radius 1 is 1.44 bits per heavy atom. The van der Waals surface area contributed by atoms with Gasteiger partial charge in [-0.2, -0.15) is 0 Å². The number of alkyl halides is 1. The topological polar surface area (TPSA) is 49.8 Å². The summed E-state index contributed by atoms with van der Waals surface area (Å²) >= 11 is 3.43. The maximum atomic E-state index is 11.9. The highest BCUT2D eigenvalue weighted by Crippen LogP contribution is 2.27. The number of amides is 1. The highest BCUT2D eigenvalue weighted by molar-refractivity contribution is 9.09. The maximum absolute atomic E-state index is 11.9. The first kappa shape index (κ1) is 15.8. The Morgan fingerprint density at radius 2 is 2.00 bits per heavy atom. The molecule has 1 amide bonds. The molecule has 0 aromatic carbocycles. The number of halogens is 1. The molecule has 1 rings (SSSR count). The Bertz CT molecular complexity index is 266. The van der Waals surface area contributed by atoms with Gasteiger partial charge < -0.3 is 14.7 Å². The minimum atomic E-state index is -0.433. The molecule has 1 fully saturated rings. The predicted molar refractivity (Wildman–Crippen MR) is 74.9 cm³/mol. The Morgan fingerprint density at radius 3 is 2.39 bits per heavy atom. The molecule has 0 radical (unpaired) electrons. The number of hydrogen-bond donors (Lipinski definition) is 1. The smallest absolute Gasteiger partial charge is 0.410 e. The summed E-state index contributed by atoms with van der Waals surface area (Å²) in [5.41, 5.74) is -0.433. The summed E-state index contributed by atoms with van der Waals surface area (Å²) in [6.45, 7) is 7.30. The second-order valence-electron chi connectivity index (χ2n) is 5.90. The van der Waals surface area contributed by atoms with Crippen LogP contribution < -0.4 is 0 Å². The second kappa shape index (κ2) is 6.75. The van der Waals surface area contributed by atoms with Gasteiger partial charge in [-0.05, 0) is 45.4 Å². The van der Waals surface area contributed by atoms with Crippen molar-refractivity contribution in [3.63, 3.8) is 0 Å². The first-order chi connectivity index (χ1) is 8.37. The van der Waals surface area contributed by atoms with Gasteiger partial charge in [-0.15, -0.1) is 0 Å². The Hall–Kier alpha value is -0.290. The number of aliphatic hydroxyl groups is 1. The number of aliphatic hydroxyl groups excluding tert-OH is 1. The van der Waals surface area contributed by atoms with E-state index < -0.39 is 5.60 Å². The normalized spacial score (nSPS) is 19.7. The van der Waals surface area contributed by atoms with Crippen LogP contribution in [0.1, 0.15) is 33.6 Å². The summed E-state index contributed by atoms with van der Waals surface area (Å²) in [5, 5.41) is 10.1. The molecule has 4 nitrogen and oxygen atoms in total. The third kappa shape index (κ3) is 4.76. The third-order valence-electron chi connectivity index (χ3n) is 3.29. The van der Waals surface area contributed by atoms with Crippen LogP contribution in [0.3, 0.4) is 0 Å². The molecule has 1 aliphatic heterocycles. The molecule has 0 aromatic heterocycles. The lowest BCUT2D eigenvalue weighted by molar-refractivity contribution is 0.0150. The number of hydrogen-bond acceptors (Lipinski definition) is 3. The monoisotopic (exact) mass is 321 g/mol. The maximum Gasteiger partial charge on any atom is 0.410 e. The van der Waals surface area contributed by atoms with E-state index in [1.807, 2.05) is 20.8 Å². The highest BCUT2D eigenvalue weighted by Gasteiger charge is 2.29. The zero-order chi connectivity index (χ0) is 13.8. The Kier molecular flexibility index (Phi) is 5.92. The molecule has 1 N–H and O–H groups in total. The SMILES string of the molecule is CC(C)(C)OC(=O)N1CCC(C(CO)CBr)CC1. The van der Waals surface area contributed by atoms with Crippen LogP contribution in [0.2, 0.25) is 0 Å². The quantitative estimate of drug-likeness (QED) is 0.813. The van der Waals surface area contributed by atoms with Crippen molar-refractivity contribution in [1.82, 2.24) is 4.90 Å². The summed E-state index contributed by atoms with van der Waals surface area (Å²) < 4.78 is 5.35. The van der Waals surface area contributed by atoms with Crippen molar-refractivity contribution in [3.05, 3.63) is 0 Å². The van der Waals surface area contributed by atoms with Crippen LogP contribution in [0.4, 0.5) is 4.79 Å². The van der Waals surface area contributed by atoms with Crippen molar-refractivity contribution in [2.45, 2.75) is 39.2 Å². The van der Waals surface area contributed by atoms with Crippen LogP contribution >= 0.6 is 15.9 Å². The Balaban J connectivity index is 2.41. The van der Waals surface area contributed by atoms with Crippen LogP contribution in [0.5, 0.6) is 0 Å². The number of piperidine rings is 1. The zero-order valence-electron chi connectivity index (χ0n) is 11.5. The van der Waals surface area contributed by atoms with Crippen molar-refractivity contribution in [2.75, 3.05) is 25.0 Å². The predicted octanol–water partition coefficient (Wildman–Crippen LogP) is 2.64. The number of ether oxygens (including phenoxy) is 1. The van der Waals surface area contributed by atoms with E-state index in [1.54, 1.807) is 4.90 Å². The highest BCUT2D eigenvalue weighted by atomic mass is 79.9. The molecule has 18 heavy (non-hydrogen) atoms. The van der Waals surface area contributed by atoms with Gasteiger partial charge >= 0.3 is 6.09 Å². The van der Waals surface area contributed by atoms with Gasteiger partial charge in [-0.25, -0.2) is 4.79 Å². The van der Waals surface area contributed by atoms with Gasteiger partial charge in [0.25, 0.3) is 0 Å². The van der Waals surface area contributed by atoms with E-state index in [2.05, 4.69) is 15.9 Å². The fourth-order valence-electron chi connectivity index (χ4n) is 2.20. The number of rotatable bonds is 3. The van der Waals surface area contributed by atoms with Gasteiger partial charge in [0.2, 0.25) is 0 Å². The lowest BCUT2D eigenvalue weighted by atomic mass is 9.86. The minimum Gasteiger partial charge on any atom is -0.444 e.